The summed E-state index contributed by atoms with van der Waals surface area (Å²) in [6.07, 6.45) is 1.78. The Morgan fingerprint density at radius 3 is 2.70 bits per heavy atom. The zero-order valence-corrected chi connectivity index (χ0v) is 7.77. The molecule has 0 fully saturated rings. The molecule has 0 atom stereocenters. The third-order valence-corrected chi connectivity index (χ3v) is 1.30. The normalized spacial score (nSPS) is 11.3. The van der Waals surface area contributed by atoms with E-state index in [4.69, 9.17) is 4.74 Å². The van der Waals surface area contributed by atoms with E-state index in [0.29, 0.717) is 17.5 Å². The van der Waals surface area contributed by atoms with Crippen molar-refractivity contribution in [1.82, 2.24) is 0 Å². The zero-order valence-electron chi connectivity index (χ0n) is 6.19. The zero-order chi connectivity index (χ0) is 7.98. The lowest BCUT2D eigenvalue weighted by molar-refractivity contribution is -0.138. The summed E-state index contributed by atoms with van der Waals surface area (Å²) < 4.78 is 4.73. The van der Waals surface area contributed by atoms with Crippen molar-refractivity contribution in [2.75, 3.05) is 11.9 Å². The average molecular weight is 207 g/mol. The first kappa shape index (κ1) is 9.69. The van der Waals surface area contributed by atoms with Crippen molar-refractivity contribution in [3.8, 4) is 0 Å². The highest BCUT2D eigenvalue weighted by atomic mass is 79.9. The third-order valence-electron chi connectivity index (χ3n) is 0.981. The van der Waals surface area contributed by atoms with Gasteiger partial charge in [-0.05, 0) is 13.8 Å². The highest BCUT2D eigenvalue weighted by Gasteiger charge is 2.01. The maximum absolute atomic E-state index is 10.8. The van der Waals surface area contributed by atoms with E-state index in [1.165, 1.54) is 0 Å². The number of allylic oxidation sites excluding steroid dienone is 1. The number of carbonyl (C=O) groups is 1. The Morgan fingerprint density at radius 1 is 1.70 bits per heavy atom. The second-order valence-electron chi connectivity index (χ2n) is 1.76. The summed E-state index contributed by atoms with van der Waals surface area (Å²) in [4.78, 5) is 10.8. The van der Waals surface area contributed by atoms with Crippen LogP contribution in [0.2, 0.25) is 0 Å². The Balaban J connectivity index is 3.82. The van der Waals surface area contributed by atoms with E-state index >= 15 is 0 Å². The van der Waals surface area contributed by atoms with Gasteiger partial charge in [-0.15, -0.1) is 0 Å². The van der Waals surface area contributed by atoms with Gasteiger partial charge in [0.05, 0.1) is 6.61 Å². The molecule has 0 aliphatic heterocycles. The van der Waals surface area contributed by atoms with E-state index in [9.17, 15) is 4.79 Å². The number of hydrogen-bond donors (Lipinski definition) is 0. The van der Waals surface area contributed by atoms with Crippen LogP contribution in [0.3, 0.4) is 0 Å². The van der Waals surface area contributed by atoms with E-state index in [2.05, 4.69) is 15.9 Å². The highest BCUT2D eigenvalue weighted by molar-refractivity contribution is 9.09. The Morgan fingerprint density at radius 2 is 2.30 bits per heavy atom. The lowest BCUT2D eigenvalue weighted by Gasteiger charge is -1.99. The number of rotatable bonds is 3. The summed E-state index contributed by atoms with van der Waals surface area (Å²) in [5, 5.41) is 0.692. The molecule has 0 radical (unpaired) electrons. The van der Waals surface area contributed by atoms with Gasteiger partial charge in [0.2, 0.25) is 0 Å². The van der Waals surface area contributed by atoms with Gasteiger partial charge in [-0.3, -0.25) is 0 Å². The second kappa shape index (κ2) is 5.47. The Bertz CT molecular complexity index is 141. The molecule has 0 aromatic heterocycles. The molecule has 0 bridgehead atoms. The van der Waals surface area contributed by atoms with Gasteiger partial charge in [0.1, 0.15) is 0 Å². The van der Waals surface area contributed by atoms with E-state index < -0.39 is 0 Å². The average Bonchev–Trinajstić information content (AvgIpc) is 1.89. The molecule has 0 aliphatic carbocycles. The van der Waals surface area contributed by atoms with Crippen LogP contribution in [-0.2, 0) is 9.53 Å². The summed E-state index contributed by atoms with van der Waals surface area (Å²) in [7, 11) is 0. The molecule has 0 saturated carbocycles. The van der Waals surface area contributed by atoms with E-state index in [1.807, 2.05) is 0 Å². The van der Waals surface area contributed by atoms with Crippen LogP contribution in [0.4, 0.5) is 0 Å². The second-order valence-corrected chi connectivity index (χ2v) is 2.41. The maximum Gasteiger partial charge on any atom is 0.333 e. The lowest BCUT2D eigenvalue weighted by Crippen LogP contribution is -2.04. The fraction of sp³-hybridized carbons (Fsp3) is 0.571. The van der Waals surface area contributed by atoms with Crippen LogP contribution in [0.25, 0.3) is 0 Å². The van der Waals surface area contributed by atoms with Crippen LogP contribution < -0.4 is 0 Å². The first-order valence-electron chi connectivity index (χ1n) is 3.12. The van der Waals surface area contributed by atoms with Crippen molar-refractivity contribution in [2.45, 2.75) is 13.8 Å². The SMILES string of the molecule is CCOC(=O)/C(C)=C/CBr. The molecule has 0 unspecified atom stereocenters. The van der Waals surface area contributed by atoms with Gasteiger partial charge >= 0.3 is 5.97 Å². The molecule has 10 heavy (non-hydrogen) atoms. The van der Waals surface area contributed by atoms with Gasteiger partial charge in [-0.1, -0.05) is 22.0 Å². The summed E-state index contributed by atoms with van der Waals surface area (Å²) in [6.45, 7) is 3.96. The largest absolute Gasteiger partial charge is 0.463 e. The topological polar surface area (TPSA) is 26.3 Å². The van der Waals surface area contributed by atoms with Gasteiger partial charge in [-0.2, -0.15) is 0 Å². The number of halogens is 1. The molecule has 0 spiro atoms. The van der Waals surface area contributed by atoms with Crippen molar-refractivity contribution < 1.29 is 9.53 Å². The van der Waals surface area contributed by atoms with Crippen molar-refractivity contribution in [2.24, 2.45) is 0 Å². The first-order chi connectivity index (χ1) is 4.72. The minimum absolute atomic E-state index is 0.234. The monoisotopic (exact) mass is 206 g/mol. The third kappa shape index (κ3) is 3.67. The highest BCUT2D eigenvalue weighted by Crippen LogP contribution is 1.97. The van der Waals surface area contributed by atoms with Crippen LogP contribution in [0.15, 0.2) is 11.6 Å². The smallest absolute Gasteiger partial charge is 0.333 e. The summed E-state index contributed by atoms with van der Waals surface area (Å²) in [6, 6.07) is 0. The molecular formula is C7H11BrO2. The van der Waals surface area contributed by atoms with Gasteiger partial charge < -0.3 is 4.74 Å². The van der Waals surface area contributed by atoms with Crippen LogP contribution in [0, 0.1) is 0 Å². The molecule has 0 heterocycles. The fourth-order valence-corrected chi connectivity index (χ4v) is 0.930. The molecule has 2 nitrogen and oxygen atoms in total. The van der Waals surface area contributed by atoms with E-state index in [-0.39, 0.29) is 5.97 Å². The molecule has 0 aromatic rings. The van der Waals surface area contributed by atoms with Crippen LogP contribution in [-0.4, -0.2) is 17.9 Å². The van der Waals surface area contributed by atoms with Crippen molar-refractivity contribution in [1.29, 1.82) is 0 Å². The molecule has 0 aromatic carbocycles. The number of esters is 1. The number of ether oxygens (including phenoxy) is 1. The minimum Gasteiger partial charge on any atom is -0.463 e. The summed E-state index contributed by atoms with van der Waals surface area (Å²) in [5.41, 5.74) is 0.652. The van der Waals surface area contributed by atoms with Crippen LogP contribution in [0.1, 0.15) is 13.8 Å². The molecule has 58 valence electrons. The predicted octanol–water partition coefficient (Wildman–Crippen LogP) is 1.89. The van der Waals surface area contributed by atoms with Gasteiger partial charge in [-0.25, -0.2) is 4.79 Å². The van der Waals surface area contributed by atoms with Crippen LogP contribution >= 0.6 is 15.9 Å². The van der Waals surface area contributed by atoms with Crippen molar-refractivity contribution in [3.05, 3.63) is 11.6 Å². The molecular weight excluding hydrogens is 196 g/mol. The number of alkyl halides is 1. The first-order valence-corrected chi connectivity index (χ1v) is 4.24. The molecule has 0 rings (SSSR count). The molecule has 0 amide bonds. The van der Waals surface area contributed by atoms with E-state index in [0.717, 1.165) is 0 Å². The predicted molar refractivity (Wildman–Crippen MR) is 44.2 cm³/mol. The molecule has 0 N–H and O–H groups in total. The lowest BCUT2D eigenvalue weighted by atomic mass is 10.3. The van der Waals surface area contributed by atoms with Crippen molar-refractivity contribution >= 4 is 21.9 Å². The maximum atomic E-state index is 10.8. The molecule has 0 aliphatic rings. The standard InChI is InChI=1S/C7H11BrO2/c1-3-10-7(9)6(2)4-5-8/h4H,3,5H2,1-2H3/b6-4+. The van der Waals surface area contributed by atoms with Gasteiger partial charge in [0.25, 0.3) is 0 Å². The fourth-order valence-electron chi connectivity index (χ4n) is 0.444. The number of carbonyl (C=O) groups excluding carboxylic acids is 1. The summed E-state index contributed by atoms with van der Waals surface area (Å²) in [5.74, 6) is -0.234. The minimum atomic E-state index is -0.234. The van der Waals surface area contributed by atoms with Crippen molar-refractivity contribution in [3.63, 3.8) is 0 Å². The van der Waals surface area contributed by atoms with Gasteiger partial charge in [0.15, 0.2) is 0 Å². The summed E-state index contributed by atoms with van der Waals surface area (Å²) >= 11 is 3.19. The number of hydrogen-bond acceptors (Lipinski definition) is 2. The van der Waals surface area contributed by atoms with Crippen LogP contribution in [0.5, 0.6) is 0 Å². The quantitative estimate of drug-likeness (QED) is 0.401. The molecule has 0 saturated heterocycles. The molecule has 3 heteroatoms. The Labute approximate surface area is 69.4 Å². The van der Waals surface area contributed by atoms with Gasteiger partial charge in [0, 0.05) is 10.9 Å². The van der Waals surface area contributed by atoms with E-state index in [1.54, 1.807) is 19.9 Å². The Kier molecular flexibility index (Phi) is 5.30. The Hall–Kier alpha value is -0.310.